The summed E-state index contributed by atoms with van der Waals surface area (Å²) in [7, 11) is 0. The zero-order chi connectivity index (χ0) is 12.6. The first-order valence-electron chi connectivity index (χ1n) is 5.22. The molecule has 0 radical (unpaired) electrons. The second-order valence-corrected chi connectivity index (χ2v) is 6.01. The maximum absolute atomic E-state index is 13.1. The molecule has 0 atom stereocenters. The average Bonchev–Trinajstić information content (AvgIpc) is 2.70. The van der Waals surface area contributed by atoms with Crippen LogP contribution in [0.25, 0.3) is 10.4 Å². The highest BCUT2D eigenvalue weighted by Gasteiger charge is 2.17. The van der Waals surface area contributed by atoms with Gasteiger partial charge >= 0.3 is 0 Å². The monoisotopic (exact) mass is 269 g/mol. The highest BCUT2D eigenvalue weighted by atomic mass is 35.5. The predicted molar refractivity (Wildman–Crippen MR) is 71.9 cm³/mol. The molecule has 0 spiro atoms. The van der Waals surface area contributed by atoms with Gasteiger partial charge in [0.05, 0.1) is 5.02 Å². The predicted octanol–water partition coefficient (Wildman–Crippen LogP) is 4.40. The van der Waals surface area contributed by atoms with Crippen molar-refractivity contribution in [3.05, 3.63) is 46.0 Å². The summed E-state index contributed by atoms with van der Waals surface area (Å²) in [4.78, 5) is 2.13. The molecule has 0 bridgehead atoms. The number of hydrogen-bond donors (Lipinski definition) is 1. The van der Waals surface area contributed by atoms with E-state index in [-0.39, 0.29) is 10.6 Å². The number of hydrogen-bond acceptors (Lipinski definition) is 2. The summed E-state index contributed by atoms with van der Waals surface area (Å²) in [5, 5.41) is 0.143. The number of rotatable bonds is 2. The summed E-state index contributed by atoms with van der Waals surface area (Å²) in [6.45, 7) is 3.92. The first kappa shape index (κ1) is 12.6. The van der Waals surface area contributed by atoms with E-state index in [0.717, 1.165) is 15.3 Å². The molecule has 90 valence electrons. The van der Waals surface area contributed by atoms with Gasteiger partial charge < -0.3 is 5.73 Å². The van der Waals surface area contributed by atoms with Crippen LogP contribution in [0.1, 0.15) is 18.7 Å². The van der Waals surface area contributed by atoms with E-state index in [4.69, 9.17) is 17.3 Å². The topological polar surface area (TPSA) is 26.0 Å². The largest absolute Gasteiger partial charge is 0.321 e. The summed E-state index contributed by atoms with van der Waals surface area (Å²) < 4.78 is 13.1. The van der Waals surface area contributed by atoms with Crippen LogP contribution >= 0.6 is 22.9 Å². The summed E-state index contributed by atoms with van der Waals surface area (Å²) >= 11 is 7.37. The number of thiophene rings is 1. The van der Waals surface area contributed by atoms with Gasteiger partial charge in [0.2, 0.25) is 0 Å². The molecular weight excluding hydrogens is 257 g/mol. The van der Waals surface area contributed by atoms with Crippen molar-refractivity contribution in [3.63, 3.8) is 0 Å². The molecule has 2 rings (SSSR count). The minimum Gasteiger partial charge on any atom is -0.321 e. The van der Waals surface area contributed by atoms with Crippen LogP contribution < -0.4 is 5.73 Å². The van der Waals surface area contributed by atoms with Gasteiger partial charge in [-0.05, 0) is 43.7 Å². The molecule has 17 heavy (non-hydrogen) atoms. The lowest BCUT2D eigenvalue weighted by Gasteiger charge is -2.15. The average molecular weight is 270 g/mol. The van der Waals surface area contributed by atoms with Crippen molar-refractivity contribution >= 4 is 22.9 Å². The summed E-state index contributed by atoms with van der Waals surface area (Å²) in [5.41, 5.74) is 6.59. The van der Waals surface area contributed by atoms with Crippen LogP contribution in [0.5, 0.6) is 0 Å². The molecular formula is C13H13ClFNS. The van der Waals surface area contributed by atoms with Gasteiger partial charge in [0.25, 0.3) is 0 Å². The van der Waals surface area contributed by atoms with Gasteiger partial charge in [0.15, 0.2) is 0 Å². The molecule has 1 heterocycles. The second-order valence-electron chi connectivity index (χ2n) is 4.51. The van der Waals surface area contributed by atoms with Crippen molar-refractivity contribution in [1.29, 1.82) is 0 Å². The third kappa shape index (κ3) is 2.68. The van der Waals surface area contributed by atoms with E-state index >= 15 is 0 Å². The highest BCUT2D eigenvalue weighted by Crippen LogP contribution is 2.34. The van der Waals surface area contributed by atoms with E-state index in [1.807, 2.05) is 26.0 Å². The normalized spacial score (nSPS) is 11.8. The van der Waals surface area contributed by atoms with Crippen molar-refractivity contribution in [3.8, 4) is 10.4 Å². The Labute approximate surface area is 109 Å². The van der Waals surface area contributed by atoms with Gasteiger partial charge in [-0.2, -0.15) is 0 Å². The molecule has 1 nitrogen and oxygen atoms in total. The van der Waals surface area contributed by atoms with Crippen molar-refractivity contribution in [2.45, 2.75) is 19.4 Å². The number of halogens is 2. The molecule has 0 unspecified atom stereocenters. The molecule has 0 aliphatic carbocycles. The van der Waals surface area contributed by atoms with E-state index in [0.29, 0.717) is 0 Å². The molecule has 1 aromatic carbocycles. The lowest BCUT2D eigenvalue weighted by Crippen LogP contribution is -2.27. The Bertz CT molecular complexity index is 543. The molecule has 0 aliphatic heterocycles. The van der Waals surface area contributed by atoms with Crippen LogP contribution in [-0.2, 0) is 5.54 Å². The Morgan fingerprint density at radius 1 is 1.24 bits per heavy atom. The highest BCUT2D eigenvalue weighted by molar-refractivity contribution is 7.15. The van der Waals surface area contributed by atoms with E-state index in [2.05, 4.69) is 0 Å². The minimum absolute atomic E-state index is 0.143. The van der Waals surface area contributed by atoms with E-state index in [9.17, 15) is 4.39 Å². The first-order valence-corrected chi connectivity index (χ1v) is 6.42. The van der Waals surface area contributed by atoms with Crippen LogP contribution in [0, 0.1) is 5.82 Å². The molecule has 0 saturated carbocycles. The standard InChI is InChI=1S/C13H13ClFNS/c1-13(2,16)12-6-5-11(17-12)8-3-4-10(15)9(14)7-8/h3-7H,16H2,1-2H3. The number of nitrogens with two attached hydrogens (primary N) is 1. The van der Waals surface area contributed by atoms with Crippen LogP contribution in [0.4, 0.5) is 4.39 Å². The Morgan fingerprint density at radius 3 is 2.47 bits per heavy atom. The van der Waals surface area contributed by atoms with Crippen LogP contribution in [-0.4, -0.2) is 0 Å². The molecule has 1 aromatic heterocycles. The summed E-state index contributed by atoms with van der Waals surface area (Å²) in [6.07, 6.45) is 0. The fourth-order valence-electron chi connectivity index (χ4n) is 1.49. The zero-order valence-corrected chi connectivity index (χ0v) is 11.2. The van der Waals surface area contributed by atoms with Crippen LogP contribution in [0.3, 0.4) is 0 Å². The Kier molecular flexibility index (Phi) is 3.25. The lowest BCUT2D eigenvalue weighted by molar-refractivity contribution is 0.567. The molecule has 2 N–H and O–H groups in total. The third-order valence-corrected chi connectivity index (χ3v) is 4.21. The van der Waals surface area contributed by atoms with Gasteiger partial charge in [0, 0.05) is 15.3 Å². The second kappa shape index (κ2) is 4.41. The Morgan fingerprint density at radius 2 is 1.94 bits per heavy atom. The fraction of sp³-hybridized carbons (Fsp3) is 0.231. The van der Waals surface area contributed by atoms with Crippen molar-refractivity contribution < 1.29 is 4.39 Å². The van der Waals surface area contributed by atoms with Crippen LogP contribution in [0.2, 0.25) is 5.02 Å². The fourth-order valence-corrected chi connectivity index (χ4v) is 2.69. The smallest absolute Gasteiger partial charge is 0.141 e. The SMILES string of the molecule is CC(C)(N)c1ccc(-c2ccc(F)c(Cl)c2)s1. The number of benzene rings is 1. The van der Waals surface area contributed by atoms with E-state index in [1.165, 1.54) is 6.07 Å². The molecule has 2 aromatic rings. The van der Waals surface area contributed by atoms with Crippen molar-refractivity contribution in [1.82, 2.24) is 0 Å². The molecule has 4 heteroatoms. The molecule has 0 aliphatic rings. The maximum Gasteiger partial charge on any atom is 0.141 e. The van der Waals surface area contributed by atoms with Gasteiger partial charge in [-0.3, -0.25) is 0 Å². The molecule has 0 amide bonds. The van der Waals surface area contributed by atoms with E-state index < -0.39 is 5.82 Å². The Balaban J connectivity index is 2.40. The minimum atomic E-state index is -0.397. The Hall–Kier alpha value is -0.900. The third-order valence-electron chi connectivity index (χ3n) is 2.45. The van der Waals surface area contributed by atoms with Gasteiger partial charge in [-0.1, -0.05) is 17.7 Å². The quantitative estimate of drug-likeness (QED) is 0.859. The zero-order valence-electron chi connectivity index (χ0n) is 9.63. The molecule has 0 saturated heterocycles. The van der Waals surface area contributed by atoms with Gasteiger partial charge in [-0.25, -0.2) is 4.39 Å². The maximum atomic E-state index is 13.1. The van der Waals surface area contributed by atoms with Crippen molar-refractivity contribution in [2.75, 3.05) is 0 Å². The van der Waals surface area contributed by atoms with Crippen LogP contribution in [0.15, 0.2) is 30.3 Å². The summed E-state index contributed by atoms with van der Waals surface area (Å²) in [5.74, 6) is -0.397. The van der Waals surface area contributed by atoms with Gasteiger partial charge in [0.1, 0.15) is 5.82 Å². The summed E-state index contributed by atoms with van der Waals surface area (Å²) in [6, 6.07) is 8.72. The lowest BCUT2D eigenvalue weighted by atomic mass is 10.1. The molecule has 0 fully saturated rings. The van der Waals surface area contributed by atoms with E-state index in [1.54, 1.807) is 23.5 Å². The first-order chi connectivity index (χ1) is 7.88. The van der Waals surface area contributed by atoms with Gasteiger partial charge in [-0.15, -0.1) is 11.3 Å². The van der Waals surface area contributed by atoms with Crippen molar-refractivity contribution in [2.24, 2.45) is 5.73 Å².